The van der Waals surface area contributed by atoms with Gasteiger partial charge in [-0.15, -0.1) is 0 Å². The Hall–Kier alpha value is -2.63. The first kappa shape index (κ1) is 19.3. The third-order valence-electron chi connectivity index (χ3n) is 6.52. The molecule has 1 atom stereocenters. The zero-order valence-electron chi connectivity index (χ0n) is 17.2. The number of carbonyl (C=O) groups excluding carboxylic acids is 1. The molecule has 2 aliphatic heterocycles. The lowest BCUT2D eigenvalue weighted by molar-refractivity contribution is 0.0291. The number of β-amino-alcohol motifs (C(OH)–C–C–N with tert-alkyl or cyclic N) is 1. The molecule has 2 aromatic carbocycles. The molecule has 0 aromatic heterocycles. The van der Waals surface area contributed by atoms with E-state index in [9.17, 15) is 9.90 Å². The summed E-state index contributed by atoms with van der Waals surface area (Å²) in [4.78, 5) is 16.5. The Morgan fingerprint density at radius 2 is 1.73 bits per heavy atom. The quantitative estimate of drug-likeness (QED) is 0.850. The molecule has 5 rings (SSSR count). The van der Waals surface area contributed by atoms with Crippen molar-refractivity contribution in [1.29, 1.82) is 0 Å². The molecule has 0 bridgehead atoms. The summed E-state index contributed by atoms with van der Waals surface area (Å²) in [6.07, 6.45) is 1.88. The van der Waals surface area contributed by atoms with Crippen molar-refractivity contribution < 1.29 is 14.6 Å². The first-order chi connectivity index (χ1) is 14.7. The lowest BCUT2D eigenvalue weighted by Crippen LogP contribution is -2.41. The average molecular weight is 405 g/mol. The summed E-state index contributed by atoms with van der Waals surface area (Å²) in [5, 5.41) is 10.5. The Morgan fingerprint density at radius 3 is 2.60 bits per heavy atom. The van der Waals surface area contributed by atoms with E-state index >= 15 is 0 Å². The van der Waals surface area contributed by atoms with Crippen molar-refractivity contribution in [2.45, 2.75) is 31.9 Å². The molecule has 30 heavy (non-hydrogen) atoms. The Labute approximate surface area is 177 Å². The summed E-state index contributed by atoms with van der Waals surface area (Å²) in [6.45, 7) is 3.63. The van der Waals surface area contributed by atoms with Gasteiger partial charge in [-0.05, 0) is 52.7 Å². The number of aliphatic hydroxyl groups is 1. The lowest BCUT2D eigenvalue weighted by atomic mass is 9.99. The lowest BCUT2D eigenvalue weighted by Gasteiger charge is -2.31. The van der Waals surface area contributed by atoms with Gasteiger partial charge in [-0.25, -0.2) is 4.79 Å². The molecule has 0 spiro atoms. The molecule has 5 nitrogen and oxygen atoms in total. The van der Waals surface area contributed by atoms with Gasteiger partial charge in [0.15, 0.2) is 0 Å². The van der Waals surface area contributed by atoms with Gasteiger partial charge in [-0.2, -0.15) is 0 Å². The van der Waals surface area contributed by atoms with E-state index in [4.69, 9.17) is 4.74 Å². The molecule has 0 saturated heterocycles. The number of hydrogen-bond acceptors (Lipinski definition) is 4. The highest BCUT2D eigenvalue weighted by Gasteiger charge is 2.28. The number of aliphatic hydroxyl groups excluding tert-OH is 1. The molecule has 1 aliphatic carbocycles. The van der Waals surface area contributed by atoms with Gasteiger partial charge in [0.2, 0.25) is 0 Å². The van der Waals surface area contributed by atoms with E-state index in [1.807, 2.05) is 12.1 Å². The third kappa shape index (κ3) is 3.87. The molecule has 0 radical (unpaired) electrons. The second-order valence-electron chi connectivity index (χ2n) is 8.57. The van der Waals surface area contributed by atoms with Crippen molar-refractivity contribution in [1.82, 2.24) is 9.80 Å². The second-order valence-corrected chi connectivity index (χ2v) is 8.57. The number of ether oxygens (including phenoxy) is 1. The summed E-state index contributed by atoms with van der Waals surface area (Å²) in [5.41, 5.74) is 8.27. The highest BCUT2D eigenvalue weighted by molar-refractivity contribution is 5.77. The van der Waals surface area contributed by atoms with Crippen LogP contribution in [0.1, 0.15) is 28.7 Å². The van der Waals surface area contributed by atoms with E-state index in [1.54, 1.807) is 4.90 Å². The van der Waals surface area contributed by atoms with E-state index in [0.29, 0.717) is 19.6 Å². The van der Waals surface area contributed by atoms with Crippen LogP contribution >= 0.6 is 0 Å². The molecule has 0 saturated carbocycles. The molecule has 2 heterocycles. The van der Waals surface area contributed by atoms with Gasteiger partial charge in [0.05, 0.1) is 0 Å². The predicted molar refractivity (Wildman–Crippen MR) is 116 cm³/mol. The van der Waals surface area contributed by atoms with Crippen LogP contribution in [0.3, 0.4) is 0 Å². The maximum absolute atomic E-state index is 12.5. The van der Waals surface area contributed by atoms with Crippen LogP contribution in [-0.2, 0) is 24.1 Å². The van der Waals surface area contributed by atoms with Gasteiger partial charge >= 0.3 is 6.09 Å². The van der Waals surface area contributed by atoms with Crippen molar-refractivity contribution in [3.63, 3.8) is 0 Å². The Balaban J connectivity index is 1.10. The second kappa shape index (κ2) is 8.25. The Morgan fingerprint density at radius 1 is 0.967 bits per heavy atom. The molecule has 5 heteroatoms. The van der Waals surface area contributed by atoms with E-state index in [2.05, 4.69) is 41.3 Å². The minimum atomic E-state index is -0.669. The van der Waals surface area contributed by atoms with Crippen molar-refractivity contribution in [2.24, 2.45) is 0 Å². The number of fused-ring (bicyclic) bond motifs is 3. The fourth-order valence-electron chi connectivity index (χ4n) is 4.99. The molecule has 1 amide bonds. The highest BCUT2D eigenvalue weighted by Crippen LogP contribution is 2.37. The predicted octanol–water partition coefficient (Wildman–Crippen LogP) is 3.26. The topological polar surface area (TPSA) is 53.0 Å². The van der Waals surface area contributed by atoms with Gasteiger partial charge < -0.3 is 14.7 Å². The summed E-state index contributed by atoms with van der Waals surface area (Å²) >= 11 is 0. The number of benzene rings is 2. The standard InChI is InChI=1S/C25H28N2O3/c28-22(17-30-25(29)27-12-9-18-5-1-2-7-20(18)15-27)16-26-11-10-24-21(14-26)13-19-6-3-4-8-23(19)24/h1-8,22,28H,9-17H2. The first-order valence-electron chi connectivity index (χ1n) is 10.9. The van der Waals surface area contributed by atoms with E-state index in [0.717, 1.165) is 32.4 Å². The monoisotopic (exact) mass is 404 g/mol. The molecule has 1 N–H and O–H groups in total. The molecule has 1 unspecified atom stereocenters. The van der Waals surface area contributed by atoms with Crippen molar-refractivity contribution in [3.05, 3.63) is 76.4 Å². The SMILES string of the molecule is O=C(OCC(O)CN1CCC2=C(Cc3ccccc32)C1)N1CCc2ccccc2C1. The minimum absolute atomic E-state index is 0.0413. The third-order valence-corrected chi connectivity index (χ3v) is 6.52. The summed E-state index contributed by atoms with van der Waals surface area (Å²) in [5.74, 6) is 0. The van der Waals surface area contributed by atoms with Crippen LogP contribution in [0.4, 0.5) is 4.79 Å². The molecular formula is C25H28N2O3. The van der Waals surface area contributed by atoms with Crippen LogP contribution in [-0.4, -0.2) is 59.9 Å². The Kier molecular flexibility index (Phi) is 5.32. The first-order valence-corrected chi connectivity index (χ1v) is 10.9. The molecule has 156 valence electrons. The van der Waals surface area contributed by atoms with Gasteiger partial charge in [0.1, 0.15) is 12.7 Å². The molecule has 3 aliphatic rings. The number of rotatable bonds is 4. The van der Waals surface area contributed by atoms with E-state index in [1.165, 1.54) is 33.4 Å². The van der Waals surface area contributed by atoms with Crippen LogP contribution in [0.5, 0.6) is 0 Å². The average Bonchev–Trinajstić information content (AvgIpc) is 3.15. The van der Waals surface area contributed by atoms with Crippen molar-refractivity contribution in [3.8, 4) is 0 Å². The van der Waals surface area contributed by atoms with Gasteiger partial charge in [-0.3, -0.25) is 4.90 Å². The van der Waals surface area contributed by atoms with Gasteiger partial charge in [0.25, 0.3) is 0 Å². The van der Waals surface area contributed by atoms with Crippen LogP contribution in [0.25, 0.3) is 5.57 Å². The number of nitrogens with zero attached hydrogens (tertiary/aromatic N) is 2. The van der Waals surface area contributed by atoms with Crippen LogP contribution < -0.4 is 0 Å². The van der Waals surface area contributed by atoms with Gasteiger partial charge in [0, 0.05) is 32.7 Å². The van der Waals surface area contributed by atoms with Crippen molar-refractivity contribution >= 4 is 11.7 Å². The van der Waals surface area contributed by atoms with Crippen LogP contribution in [0.2, 0.25) is 0 Å². The summed E-state index contributed by atoms with van der Waals surface area (Å²) < 4.78 is 5.44. The maximum atomic E-state index is 12.5. The smallest absolute Gasteiger partial charge is 0.410 e. The molecule has 0 fully saturated rings. The number of amides is 1. The fraction of sp³-hybridized carbons (Fsp3) is 0.400. The molecule has 2 aromatic rings. The zero-order valence-corrected chi connectivity index (χ0v) is 17.2. The van der Waals surface area contributed by atoms with E-state index < -0.39 is 6.10 Å². The Bertz CT molecular complexity index is 984. The zero-order chi connectivity index (χ0) is 20.5. The summed E-state index contributed by atoms with van der Waals surface area (Å²) in [6, 6.07) is 16.9. The van der Waals surface area contributed by atoms with Crippen LogP contribution in [0.15, 0.2) is 54.1 Å². The normalized spacial score (nSPS) is 19.2. The minimum Gasteiger partial charge on any atom is -0.447 e. The van der Waals surface area contributed by atoms with Crippen molar-refractivity contribution in [2.75, 3.05) is 32.8 Å². The summed E-state index contributed by atoms with van der Waals surface area (Å²) in [7, 11) is 0. The van der Waals surface area contributed by atoms with Gasteiger partial charge in [-0.1, -0.05) is 48.5 Å². The number of carbonyl (C=O) groups is 1. The number of hydrogen-bond donors (Lipinski definition) is 1. The van der Waals surface area contributed by atoms with Crippen LogP contribution in [0, 0.1) is 0 Å². The fourth-order valence-corrected chi connectivity index (χ4v) is 4.99. The largest absolute Gasteiger partial charge is 0.447 e. The van der Waals surface area contributed by atoms with E-state index in [-0.39, 0.29) is 12.7 Å². The molecular weight excluding hydrogens is 376 g/mol. The highest BCUT2D eigenvalue weighted by atomic mass is 16.6. The maximum Gasteiger partial charge on any atom is 0.410 e.